The molecule has 1 aliphatic heterocycles. The zero-order valence-electron chi connectivity index (χ0n) is 13.9. The summed E-state index contributed by atoms with van der Waals surface area (Å²) in [4.78, 5) is 25.5. The molecule has 9 heteroatoms. The summed E-state index contributed by atoms with van der Waals surface area (Å²) in [6.07, 6.45) is -4.51. The Bertz CT molecular complexity index is 870. The minimum atomic E-state index is -4.52. The number of hydrogen-bond donors (Lipinski definition) is 2. The zero-order chi connectivity index (χ0) is 19.6. The van der Waals surface area contributed by atoms with E-state index in [-0.39, 0.29) is 24.6 Å². The highest BCUT2D eigenvalue weighted by molar-refractivity contribution is 5.97. The lowest BCUT2D eigenvalue weighted by molar-refractivity contribution is -0.137. The first-order valence-electron chi connectivity index (χ1n) is 8.03. The standard InChI is InChI=1S/C18H15F4N3O2/c19-12-4-2-6-15(8-12)25-10-14(9-16(25)26)24-17(27)23-13-5-1-3-11(7-13)18(20,21)22/h1-8,14H,9-10H2,(H2,23,24,27)/t14-/m1/s1. The number of amides is 3. The number of rotatable bonds is 3. The lowest BCUT2D eigenvalue weighted by Gasteiger charge is -2.17. The summed E-state index contributed by atoms with van der Waals surface area (Å²) in [7, 11) is 0. The smallest absolute Gasteiger partial charge is 0.333 e. The predicted octanol–water partition coefficient (Wildman–Crippen LogP) is 3.77. The molecule has 1 heterocycles. The maximum atomic E-state index is 13.3. The fourth-order valence-corrected chi connectivity index (χ4v) is 2.82. The second-order valence-corrected chi connectivity index (χ2v) is 6.06. The molecule has 0 saturated carbocycles. The quantitative estimate of drug-likeness (QED) is 0.795. The van der Waals surface area contributed by atoms with E-state index in [0.717, 1.165) is 12.1 Å². The van der Waals surface area contributed by atoms with E-state index in [4.69, 9.17) is 0 Å². The molecule has 0 spiro atoms. The van der Waals surface area contributed by atoms with Gasteiger partial charge in [0.25, 0.3) is 0 Å². The van der Waals surface area contributed by atoms with Gasteiger partial charge in [-0.2, -0.15) is 13.2 Å². The summed E-state index contributed by atoms with van der Waals surface area (Å²) in [5, 5.41) is 4.86. The number of benzene rings is 2. The van der Waals surface area contributed by atoms with Crippen LogP contribution in [0.15, 0.2) is 48.5 Å². The third-order valence-corrected chi connectivity index (χ3v) is 4.03. The van der Waals surface area contributed by atoms with E-state index >= 15 is 0 Å². The maximum absolute atomic E-state index is 13.3. The molecule has 3 rings (SSSR count). The highest BCUT2D eigenvalue weighted by Crippen LogP contribution is 2.30. The van der Waals surface area contributed by atoms with Crippen molar-refractivity contribution >= 4 is 23.3 Å². The Kier molecular flexibility index (Phi) is 5.02. The molecule has 5 nitrogen and oxygen atoms in total. The average molecular weight is 381 g/mol. The Morgan fingerprint density at radius 3 is 2.56 bits per heavy atom. The Balaban J connectivity index is 1.61. The van der Waals surface area contributed by atoms with Gasteiger partial charge in [-0.05, 0) is 36.4 Å². The van der Waals surface area contributed by atoms with Gasteiger partial charge >= 0.3 is 12.2 Å². The van der Waals surface area contributed by atoms with Crippen LogP contribution in [0.1, 0.15) is 12.0 Å². The first-order valence-corrected chi connectivity index (χ1v) is 8.03. The van der Waals surface area contributed by atoms with Crippen LogP contribution < -0.4 is 15.5 Å². The monoisotopic (exact) mass is 381 g/mol. The van der Waals surface area contributed by atoms with Crippen molar-refractivity contribution in [3.8, 4) is 0 Å². The topological polar surface area (TPSA) is 61.4 Å². The van der Waals surface area contributed by atoms with Gasteiger partial charge in [-0.15, -0.1) is 0 Å². The number of carbonyl (C=O) groups excluding carboxylic acids is 2. The van der Waals surface area contributed by atoms with Crippen molar-refractivity contribution < 1.29 is 27.2 Å². The van der Waals surface area contributed by atoms with Gasteiger partial charge < -0.3 is 15.5 Å². The van der Waals surface area contributed by atoms with Crippen molar-refractivity contribution in [3.63, 3.8) is 0 Å². The van der Waals surface area contributed by atoms with Gasteiger partial charge in [-0.25, -0.2) is 9.18 Å². The minimum absolute atomic E-state index is 0.00647. The first kappa shape index (κ1) is 18.7. The summed E-state index contributed by atoms with van der Waals surface area (Å²) < 4.78 is 51.4. The number of nitrogens with one attached hydrogen (secondary N) is 2. The van der Waals surface area contributed by atoms with Crippen LogP contribution in [-0.2, 0) is 11.0 Å². The molecular formula is C18H15F4N3O2. The third kappa shape index (κ3) is 4.55. The van der Waals surface area contributed by atoms with E-state index in [1.165, 1.54) is 35.2 Å². The van der Waals surface area contributed by atoms with Gasteiger partial charge in [-0.3, -0.25) is 4.79 Å². The van der Waals surface area contributed by atoms with E-state index < -0.39 is 29.6 Å². The van der Waals surface area contributed by atoms with Gasteiger partial charge in [-0.1, -0.05) is 12.1 Å². The highest BCUT2D eigenvalue weighted by Gasteiger charge is 2.32. The third-order valence-electron chi connectivity index (χ3n) is 4.03. The molecule has 2 aromatic carbocycles. The van der Waals surface area contributed by atoms with Gasteiger partial charge in [0.2, 0.25) is 5.91 Å². The van der Waals surface area contributed by atoms with E-state index in [1.54, 1.807) is 6.07 Å². The summed E-state index contributed by atoms with van der Waals surface area (Å²) in [6, 6.07) is 8.46. The van der Waals surface area contributed by atoms with Crippen LogP contribution >= 0.6 is 0 Å². The Morgan fingerprint density at radius 1 is 1.11 bits per heavy atom. The van der Waals surface area contributed by atoms with Crippen molar-refractivity contribution in [3.05, 3.63) is 59.9 Å². The molecule has 1 aliphatic rings. The van der Waals surface area contributed by atoms with E-state index in [1.807, 2.05) is 0 Å². The second-order valence-electron chi connectivity index (χ2n) is 6.06. The SMILES string of the molecule is O=C(Nc1cccc(C(F)(F)F)c1)N[C@@H]1CC(=O)N(c2cccc(F)c2)C1. The minimum Gasteiger partial charge on any atom is -0.333 e. The van der Waals surface area contributed by atoms with Crippen LogP contribution in [0.5, 0.6) is 0 Å². The van der Waals surface area contributed by atoms with Gasteiger partial charge in [0.1, 0.15) is 5.82 Å². The van der Waals surface area contributed by atoms with Crippen LogP contribution in [0, 0.1) is 5.82 Å². The molecule has 2 N–H and O–H groups in total. The molecule has 0 aromatic heterocycles. The van der Waals surface area contributed by atoms with Gasteiger partial charge in [0.15, 0.2) is 0 Å². The number of anilines is 2. The first-order chi connectivity index (χ1) is 12.7. The average Bonchev–Trinajstić information content (AvgIpc) is 2.94. The fourth-order valence-electron chi connectivity index (χ4n) is 2.82. The number of nitrogens with zero attached hydrogens (tertiary/aromatic N) is 1. The van der Waals surface area contributed by atoms with Crippen molar-refractivity contribution in [1.29, 1.82) is 0 Å². The lowest BCUT2D eigenvalue weighted by atomic mass is 10.2. The molecular weight excluding hydrogens is 366 g/mol. The van der Waals surface area contributed by atoms with Crippen molar-refractivity contribution in [2.24, 2.45) is 0 Å². The normalized spacial score (nSPS) is 17.1. The molecule has 1 saturated heterocycles. The van der Waals surface area contributed by atoms with E-state index in [9.17, 15) is 27.2 Å². The second kappa shape index (κ2) is 7.26. The molecule has 142 valence electrons. The molecule has 1 fully saturated rings. The number of alkyl halides is 3. The zero-order valence-corrected chi connectivity index (χ0v) is 13.9. The lowest BCUT2D eigenvalue weighted by Crippen LogP contribution is -2.39. The molecule has 3 amide bonds. The molecule has 0 bridgehead atoms. The Morgan fingerprint density at radius 2 is 1.85 bits per heavy atom. The Labute approximate surface area is 152 Å². The number of urea groups is 1. The van der Waals surface area contributed by atoms with Crippen LogP contribution in [-0.4, -0.2) is 24.5 Å². The van der Waals surface area contributed by atoms with Gasteiger partial charge in [0, 0.05) is 24.3 Å². The number of halogens is 4. The number of hydrogen-bond acceptors (Lipinski definition) is 2. The fraction of sp³-hybridized carbons (Fsp3) is 0.222. The van der Waals surface area contributed by atoms with E-state index in [0.29, 0.717) is 5.69 Å². The molecule has 0 unspecified atom stereocenters. The molecule has 0 radical (unpaired) electrons. The summed E-state index contributed by atoms with van der Waals surface area (Å²) in [5.74, 6) is -0.774. The van der Waals surface area contributed by atoms with Gasteiger partial charge in [0.05, 0.1) is 11.6 Å². The predicted molar refractivity (Wildman–Crippen MR) is 90.8 cm³/mol. The summed E-state index contributed by atoms with van der Waals surface area (Å²) >= 11 is 0. The van der Waals surface area contributed by atoms with E-state index in [2.05, 4.69) is 10.6 Å². The molecule has 1 atom stereocenters. The Hall–Kier alpha value is -3.10. The molecule has 2 aromatic rings. The maximum Gasteiger partial charge on any atom is 0.416 e. The largest absolute Gasteiger partial charge is 0.416 e. The summed E-state index contributed by atoms with van der Waals surface area (Å²) in [6.45, 7) is 0.137. The van der Waals surface area contributed by atoms with Crippen molar-refractivity contribution in [2.45, 2.75) is 18.6 Å². The van der Waals surface area contributed by atoms with Crippen LogP contribution in [0.3, 0.4) is 0 Å². The summed E-state index contributed by atoms with van der Waals surface area (Å²) in [5.41, 5.74) is -0.523. The van der Waals surface area contributed by atoms with Crippen molar-refractivity contribution in [1.82, 2.24) is 5.32 Å². The van der Waals surface area contributed by atoms with Crippen molar-refractivity contribution in [2.75, 3.05) is 16.8 Å². The van der Waals surface area contributed by atoms with Crippen LogP contribution in [0.4, 0.5) is 33.7 Å². The molecule has 27 heavy (non-hydrogen) atoms. The number of carbonyl (C=O) groups is 2. The van der Waals surface area contributed by atoms with Crippen LogP contribution in [0.25, 0.3) is 0 Å². The highest BCUT2D eigenvalue weighted by atomic mass is 19.4. The molecule has 0 aliphatic carbocycles. The van der Waals surface area contributed by atoms with Crippen LogP contribution in [0.2, 0.25) is 0 Å².